The van der Waals surface area contributed by atoms with Gasteiger partial charge in [0.15, 0.2) is 0 Å². The summed E-state index contributed by atoms with van der Waals surface area (Å²) in [6, 6.07) is 5.29. The molecule has 0 saturated heterocycles. The normalized spacial score (nSPS) is 12.2. The summed E-state index contributed by atoms with van der Waals surface area (Å²) in [6.07, 6.45) is 1.77. The van der Waals surface area contributed by atoms with E-state index in [1.807, 2.05) is 12.3 Å². The lowest BCUT2D eigenvalue weighted by molar-refractivity contribution is 0.0951. The third kappa shape index (κ3) is 3.55. The number of benzene rings is 1. The summed E-state index contributed by atoms with van der Waals surface area (Å²) < 4.78 is 0.717. The second-order valence-corrected chi connectivity index (χ2v) is 6.24. The summed E-state index contributed by atoms with van der Waals surface area (Å²) in [5.74, 6) is 0.0181. The van der Waals surface area contributed by atoms with Crippen LogP contribution in [-0.2, 0) is 0 Å². The minimum Gasteiger partial charge on any atom is -0.351 e. The lowest BCUT2D eigenvalue weighted by atomic mass is 10.1. The van der Waals surface area contributed by atoms with Crippen LogP contribution >= 0.6 is 38.9 Å². The molecule has 0 saturated carbocycles. The smallest absolute Gasteiger partial charge is 0.252 e. The molecule has 2 aromatic rings. The molecule has 6 heteroatoms. The molecule has 3 nitrogen and oxygen atoms in total. The van der Waals surface area contributed by atoms with Crippen LogP contribution in [0.3, 0.4) is 0 Å². The lowest BCUT2D eigenvalue weighted by Crippen LogP contribution is -2.27. The highest BCUT2D eigenvalue weighted by molar-refractivity contribution is 9.10. The summed E-state index contributed by atoms with van der Waals surface area (Å²) in [5, 5.41) is 6.25. The number of carbonyl (C=O) groups is 1. The Bertz CT molecular complexity index is 574. The maximum Gasteiger partial charge on any atom is 0.252 e. The zero-order valence-electron chi connectivity index (χ0n) is 10.2. The summed E-state index contributed by atoms with van der Waals surface area (Å²) in [6.45, 7) is 2.57. The zero-order chi connectivity index (χ0) is 13.8. The Morgan fingerprint density at radius 1 is 1.58 bits per heavy atom. The van der Waals surface area contributed by atoms with Crippen molar-refractivity contribution in [2.45, 2.75) is 12.8 Å². The van der Waals surface area contributed by atoms with Gasteiger partial charge in [-0.1, -0.05) is 24.6 Å². The second-order valence-electron chi connectivity index (χ2n) is 4.08. The molecule has 1 aromatic heterocycles. The summed E-state index contributed by atoms with van der Waals surface area (Å²) >= 11 is 11.0. The number of thiazole rings is 1. The van der Waals surface area contributed by atoms with Crippen LogP contribution < -0.4 is 5.32 Å². The van der Waals surface area contributed by atoms with Crippen molar-refractivity contribution in [2.75, 3.05) is 6.54 Å². The largest absolute Gasteiger partial charge is 0.351 e. The minimum absolute atomic E-state index is 0.172. The Morgan fingerprint density at radius 3 is 3.05 bits per heavy atom. The van der Waals surface area contributed by atoms with Crippen molar-refractivity contribution < 1.29 is 4.79 Å². The van der Waals surface area contributed by atoms with Crippen molar-refractivity contribution in [3.05, 3.63) is 49.8 Å². The van der Waals surface area contributed by atoms with Gasteiger partial charge in [-0.05, 0) is 28.1 Å². The van der Waals surface area contributed by atoms with E-state index in [0.29, 0.717) is 17.1 Å². The van der Waals surface area contributed by atoms with Gasteiger partial charge in [-0.2, -0.15) is 0 Å². The molecule has 2 rings (SSSR count). The number of carbonyl (C=O) groups excluding carboxylic acids is 1. The van der Waals surface area contributed by atoms with Crippen LogP contribution in [0.1, 0.15) is 28.2 Å². The third-order valence-corrected chi connectivity index (χ3v) is 4.94. The first-order valence-electron chi connectivity index (χ1n) is 5.71. The van der Waals surface area contributed by atoms with Gasteiger partial charge in [-0.25, -0.2) is 4.98 Å². The van der Waals surface area contributed by atoms with Crippen molar-refractivity contribution in [3.8, 4) is 0 Å². The van der Waals surface area contributed by atoms with Crippen LogP contribution in [0, 0.1) is 0 Å². The SMILES string of the molecule is CC(CNC(=O)c1cccc(Br)c1Cl)c1nccs1. The fourth-order valence-corrected chi connectivity index (χ4v) is 2.86. The van der Waals surface area contributed by atoms with Crippen molar-refractivity contribution in [3.63, 3.8) is 0 Å². The maximum atomic E-state index is 12.1. The Hall–Kier alpha value is -0.910. The van der Waals surface area contributed by atoms with E-state index in [0.717, 1.165) is 9.48 Å². The fourth-order valence-electron chi connectivity index (χ4n) is 1.59. The number of rotatable bonds is 4. The highest BCUT2D eigenvalue weighted by Gasteiger charge is 2.14. The Balaban J connectivity index is 2.00. The van der Waals surface area contributed by atoms with Crippen LogP contribution in [0.2, 0.25) is 5.02 Å². The van der Waals surface area contributed by atoms with Crippen LogP contribution in [0.25, 0.3) is 0 Å². The average molecular weight is 360 g/mol. The van der Waals surface area contributed by atoms with E-state index >= 15 is 0 Å². The first-order valence-corrected chi connectivity index (χ1v) is 7.76. The van der Waals surface area contributed by atoms with E-state index < -0.39 is 0 Å². The van der Waals surface area contributed by atoms with Gasteiger partial charge in [0.1, 0.15) is 0 Å². The van der Waals surface area contributed by atoms with E-state index in [4.69, 9.17) is 11.6 Å². The number of nitrogens with zero attached hydrogens (tertiary/aromatic N) is 1. The molecule has 0 aliphatic heterocycles. The molecule has 1 aromatic carbocycles. The van der Waals surface area contributed by atoms with Crippen molar-refractivity contribution in [1.82, 2.24) is 10.3 Å². The topological polar surface area (TPSA) is 42.0 Å². The lowest BCUT2D eigenvalue weighted by Gasteiger charge is -2.11. The molecule has 19 heavy (non-hydrogen) atoms. The number of hydrogen-bond donors (Lipinski definition) is 1. The highest BCUT2D eigenvalue weighted by Crippen LogP contribution is 2.26. The average Bonchev–Trinajstić information content (AvgIpc) is 2.93. The van der Waals surface area contributed by atoms with Crippen LogP contribution in [0.15, 0.2) is 34.2 Å². The summed E-state index contributed by atoms with van der Waals surface area (Å²) in [4.78, 5) is 16.3. The first-order chi connectivity index (χ1) is 9.09. The number of nitrogens with one attached hydrogen (secondary N) is 1. The summed E-state index contributed by atoms with van der Waals surface area (Å²) in [7, 11) is 0. The standard InChI is InChI=1S/C13H12BrClN2OS/c1-8(13-16-5-6-19-13)7-17-12(18)9-3-2-4-10(14)11(9)15/h2-6,8H,7H2,1H3,(H,17,18). The number of hydrogen-bond acceptors (Lipinski definition) is 3. The van der Waals surface area contributed by atoms with Gasteiger partial charge >= 0.3 is 0 Å². The van der Waals surface area contributed by atoms with E-state index in [-0.39, 0.29) is 11.8 Å². The molecule has 1 amide bonds. The van der Waals surface area contributed by atoms with Crippen molar-refractivity contribution >= 4 is 44.8 Å². The fraction of sp³-hybridized carbons (Fsp3) is 0.231. The van der Waals surface area contributed by atoms with E-state index in [1.165, 1.54) is 0 Å². The third-order valence-electron chi connectivity index (χ3n) is 2.64. The van der Waals surface area contributed by atoms with Gasteiger partial charge in [0.25, 0.3) is 5.91 Å². The predicted octanol–water partition coefficient (Wildman–Crippen LogP) is 4.09. The first kappa shape index (κ1) is 14.5. The van der Waals surface area contributed by atoms with Crippen LogP contribution in [-0.4, -0.2) is 17.4 Å². The quantitative estimate of drug-likeness (QED) is 0.893. The number of amides is 1. The van der Waals surface area contributed by atoms with Crippen molar-refractivity contribution in [1.29, 1.82) is 0 Å². The zero-order valence-corrected chi connectivity index (χ0v) is 13.3. The molecule has 1 N–H and O–H groups in total. The maximum absolute atomic E-state index is 12.1. The predicted molar refractivity (Wildman–Crippen MR) is 82.0 cm³/mol. The molecule has 0 radical (unpaired) electrons. The Morgan fingerprint density at radius 2 is 2.37 bits per heavy atom. The molecule has 0 aliphatic carbocycles. The molecule has 1 unspecified atom stereocenters. The minimum atomic E-state index is -0.172. The molecule has 0 fully saturated rings. The molecular formula is C13H12BrClN2OS. The van der Waals surface area contributed by atoms with Gasteiger partial charge < -0.3 is 5.32 Å². The van der Waals surface area contributed by atoms with Crippen LogP contribution in [0.5, 0.6) is 0 Å². The molecule has 1 heterocycles. The molecule has 0 aliphatic rings. The summed E-state index contributed by atoms with van der Waals surface area (Å²) in [5.41, 5.74) is 0.474. The molecule has 0 spiro atoms. The molecule has 0 bridgehead atoms. The Kier molecular flexibility index (Phi) is 4.96. The van der Waals surface area contributed by atoms with Gasteiger partial charge in [-0.15, -0.1) is 11.3 Å². The van der Waals surface area contributed by atoms with E-state index in [2.05, 4.69) is 26.2 Å². The van der Waals surface area contributed by atoms with Gasteiger partial charge in [0, 0.05) is 28.5 Å². The molecular weight excluding hydrogens is 348 g/mol. The molecule has 100 valence electrons. The van der Waals surface area contributed by atoms with E-state index in [9.17, 15) is 4.79 Å². The van der Waals surface area contributed by atoms with Gasteiger partial charge in [-0.3, -0.25) is 4.79 Å². The van der Waals surface area contributed by atoms with Crippen molar-refractivity contribution in [2.24, 2.45) is 0 Å². The second kappa shape index (κ2) is 6.50. The number of halogens is 2. The highest BCUT2D eigenvalue weighted by atomic mass is 79.9. The van der Waals surface area contributed by atoms with Gasteiger partial charge in [0.2, 0.25) is 0 Å². The van der Waals surface area contributed by atoms with E-state index in [1.54, 1.807) is 35.7 Å². The molecule has 1 atom stereocenters. The van der Waals surface area contributed by atoms with Crippen LogP contribution in [0.4, 0.5) is 0 Å². The number of aromatic nitrogens is 1. The monoisotopic (exact) mass is 358 g/mol. The Labute approximate surface area is 129 Å². The van der Waals surface area contributed by atoms with Gasteiger partial charge in [0.05, 0.1) is 15.6 Å².